The van der Waals surface area contributed by atoms with Crippen molar-refractivity contribution in [1.82, 2.24) is 5.32 Å². The molecule has 1 aromatic heterocycles. The second kappa shape index (κ2) is 4.84. The lowest BCUT2D eigenvalue weighted by Crippen LogP contribution is -2.40. The van der Waals surface area contributed by atoms with Crippen molar-refractivity contribution in [2.45, 2.75) is 19.4 Å². The van der Waals surface area contributed by atoms with Gasteiger partial charge in [0.1, 0.15) is 6.04 Å². The van der Waals surface area contributed by atoms with Gasteiger partial charge in [0.15, 0.2) is 0 Å². The molecule has 2 N–H and O–H groups in total. The maximum Gasteiger partial charge on any atom is 0.326 e. The maximum atomic E-state index is 11.4. The van der Waals surface area contributed by atoms with Gasteiger partial charge in [0.25, 0.3) is 5.91 Å². The minimum Gasteiger partial charge on any atom is -0.480 e. The van der Waals surface area contributed by atoms with E-state index < -0.39 is 17.9 Å². The Hall–Kier alpha value is -1.49. The van der Waals surface area contributed by atoms with Crippen molar-refractivity contribution in [2.75, 3.05) is 0 Å². The smallest absolute Gasteiger partial charge is 0.326 e. The molecule has 0 fully saturated rings. The van der Waals surface area contributed by atoms with Crippen LogP contribution >= 0.6 is 11.6 Å². The number of carbonyl (C=O) groups excluding carboxylic acids is 1. The second-order valence-electron chi connectivity index (χ2n) is 2.87. The van der Waals surface area contributed by atoms with Crippen LogP contribution in [-0.2, 0) is 4.79 Å². The fraction of sp³-hybridized carbons (Fsp3) is 0.333. The molecular formula is C9H10ClNO4. The number of carboxylic acid groups (broad SMARTS) is 1. The molecule has 15 heavy (non-hydrogen) atoms. The third kappa shape index (κ3) is 2.73. The zero-order chi connectivity index (χ0) is 11.4. The zero-order valence-electron chi connectivity index (χ0n) is 7.99. The molecule has 1 amide bonds. The summed E-state index contributed by atoms with van der Waals surface area (Å²) in [5.41, 5.74) is 0. The third-order valence-corrected chi connectivity index (χ3v) is 2.13. The molecule has 1 atom stereocenters. The predicted octanol–water partition coefficient (Wildman–Crippen LogP) is 1.53. The van der Waals surface area contributed by atoms with Crippen LogP contribution in [0.2, 0.25) is 5.02 Å². The Bertz CT molecular complexity index is 374. The third-order valence-electron chi connectivity index (χ3n) is 1.84. The largest absolute Gasteiger partial charge is 0.480 e. The Labute approximate surface area is 91.0 Å². The fourth-order valence-electron chi connectivity index (χ4n) is 1.02. The topological polar surface area (TPSA) is 79.5 Å². The van der Waals surface area contributed by atoms with E-state index >= 15 is 0 Å². The van der Waals surface area contributed by atoms with Gasteiger partial charge < -0.3 is 14.8 Å². The summed E-state index contributed by atoms with van der Waals surface area (Å²) in [6.45, 7) is 1.66. The first-order chi connectivity index (χ1) is 7.06. The number of carboxylic acids is 1. The molecule has 82 valence electrons. The van der Waals surface area contributed by atoms with Gasteiger partial charge in [-0.25, -0.2) is 4.79 Å². The van der Waals surface area contributed by atoms with E-state index in [1.54, 1.807) is 6.92 Å². The van der Waals surface area contributed by atoms with Gasteiger partial charge in [-0.3, -0.25) is 4.79 Å². The highest BCUT2D eigenvalue weighted by atomic mass is 35.5. The molecule has 1 aromatic rings. The summed E-state index contributed by atoms with van der Waals surface area (Å²) in [6, 6.07) is 0.483. The maximum absolute atomic E-state index is 11.4. The highest BCUT2D eigenvalue weighted by molar-refractivity contribution is 6.33. The van der Waals surface area contributed by atoms with E-state index in [2.05, 4.69) is 5.32 Å². The minimum atomic E-state index is -1.09. The highest BCUT2D eigenvalue weighted by Crippen LogP contribution is 2.16. The lowest BCUT2D eigenvalue weighted by molar-refractivity contribution is -0.139. The lowest BCUT2D eigenvalue weighted by Gasteiger charge is -2.10. The van der Waals surface area contributed by atoms with Crippen LogP contribution in [0.5, 0.6) is 0 Å². The molecule has 0 aliphatic rings. The number of amides is 1. The molecular weight excluding hydrogens is 222 g/mol. The predicted molar refractivity (Wildman–Crippen MR) is 52.9 cm³/mol. The van der Waals surface area contributed by atoms with Gasteiger partial charge >= 0.3 is 5.97 Å². The number of aliphatic carboxylic acids is 1. The van der Waals surface area contributed by atoms with Crippen LogP contribution in [0.3, 0.4) is 0 Å². The number of nitrogens with one attached hydrogen (secondary N) is 1. The van der Waals surface area contributed by atoms with E-state index in [-0.39, 0.29) is 10.8 Å². The summed E-state index contributed by atoms with van der Waals surface area (Å²) >= 11 is 5.64. The molecule has 0 bridgehead atoms. The first kappa shape index (κ1) is 11.6. The van der Waals surface area contributed by atoms with Crippen molar-refractivity contribution in [2.24, 2.45) is 0 Å². The molecule has 0 aliphatic heterocycles. The second-order valence-corrected chi connectivity index (χ2v) is 3.28. The van der Waals surface area contributed by atoms with E-state index in [1.165, 1.54) is 12.3 Å². The molecule has 0 spiro atoms. The molecule has 0 aromatic carbocycles. The van der Waals surface area contributed by atoms with Crippen molar-refractivity contribution in [3.05, 3.63) is 23.1 Å². The average molecular weight is 232 g/mol. The number of hydrogen-bond donors (Lipinski definition) is 2. The van der Waals surface area contributed by atoms with Crippen LogP contribution < -0.4 is 5.32 Å². The van der Waals surface area contributed by atoms with Crippen molar-refractivity contribution < 1.29 is 19.1 Å². The van der Waals surface area contributed by atoms with Crippen molar-refractivity contribution >= 4 is 23.5 Å². The van der Waals surface area contributed by atoms with Gasteiger partial charge in [-0.1, -0.05) is 18.5 Å². The Morgan fingerprint density at radius 3 is 2.73 bits per heavy atom. The van der Waals surface area contributed by atoms with Gasteiger partial charge in [-0.05, 0) is 12.5 Å². The quantitative estimate of drug-likeness (QED) is 0.824. The zero-order valence-corrected chi connectivity index (χ0v) is 8.75. The lowest BCUT2D eigenvalue weighted by atomic mass is 10.2. The van der Waals surface area contributed by atoms with Crippen LogP contribution in [0.15, 0.2) is 16.7 Å². The molecule has 0 aliphatic carbocycles. The number of halogens is 1. The standard InChI is InChI=1S/C9H10ClNO4/c1-2-6(9(13)14)11-8(12)7-5(10)3-4-15-7/h3-4,6H,2H2,1H3,(H,11,12)(H,13,14). The molecule has 0 radical (unpaired) electrons. The molecule has 1 unspecified atom stereocenters. The normalized spacial score (nSPS) is 12.1. The van der Waals surface area contributed by atoms with E-state index in [0.29, 0.717) is 6.42 Å². The summed E-state index contributed by atoms with van der Waals surface area (Å²) in [7, 11) is 0. The van der Waals surface area contributed by atoms with E-state index in [0.717, 1.165) is 0 Å². The first-order valence-corrected chi connectivity index (χ1v) is 4.70. The number of hydrogen-bond acceptors (Lipinski definition) is 3. The number of carbonyl (C=O) groups is 2. The Kier molecular flexibility index (Phi) is 3.74. The summed E-state index contributed by atoms with van der Waals surface area (Å²) in [4.78, 5) is 22.1. The molecule has 0 saturated carbocycles. The molecule has 1 heterocycles. The number of rotatable bonds is 4. The number of furan rings is 1. The van der Waals surface area contributed by atoms with E-state index in [1.807, 2.05) is 0 Å². The summed E-state index contributed by atoms with van der Waals surface area (Å²) in [5, 5.41) is 11.2. The Morgan fingerprint density at radius 2 is 2.33 bits per heavy atom. The minimum absolute atomic E-state index is 0.0728. The Morgan fingerprint density at radius 1 is 1.67 bits per heavy atom. The molecule has 0 saturated heterocycles. The average Bonchev–Trinajstić information content (AvgIpc) is 2.60. The Balaban J connectivity index is 2.71. The van der Waals surface area contributed by atoms with Crippen molar-refractivity contribution in [1.29, 1.82) is 0 Å². The van der Waals surface area contributed by atoms with Crippen LogP contribution in [0.25, 0.3) is 0 Å². The molecule has 6 heteroatoms. The van der Waals surface area contributed by atoms with Gasteiger partial charge in [0, 0.05) is 0 Å². The summed E-state index contributed by atoms with van der Waals surface area (Å²) < 4.78 is 4.81. The fourth-order valence-corrected chi connectivity index (χ4v) is 1.20. The SMILES string of the molecule is CCC(NC(=O)c1occc1Cl)C(=O)O. The van der Waals surface area contributed by atoms with E-state index in [4.69, 9.17) is 21.1 Å². The van der Waals surface area contributed by atoms with Crippen molar-refractivity contribution in [3.8, 4) is 0 Å². The van der Waals surface area contributed by atoms with Gasteiger partial charge in [-0.2, -0.15) is 0 Å². The molecule has 5 nitrogen and oxygen atoms in total. The van der Waals surface area contributed by atoms with Crippen LogP contribution in [0.4, 0.5) is 0 Å². The van der Waals surface area contributed by atoms with E-state index in [9.17, 15) is 9.59 Å². The van der Waals surface area contributed by atoms with Crippen LogP contribution in [0, 0.1) is 0 Å². The van der Waals surface area contributed by atoms with Gasteiger partial charge in [-0.15, -0.1) is 0 Å². The monoisotopic (exact) mass is 231 g/mol. The highest BCUT2D eigenvalue weighted by Gasteiger charge is 2.21. The first-order valence-electron chi connectivity index (χ1n) is 4.33. The van der Waals surface area contributed by atoms with Gasteiger partial charge in [0.05, 0.1) is 11.3 Å². The molecule has 1 rings (SSSR count). The van der Waals surface area contributed by atoms with Crippen LogP contribution in [0.1, 0.15) is 23.9 Å². The van der Waals surface area contributed by atoms with Crippen LogP contribution in [-0.4, -0.2) is 23.0 Å². The van der Waals surface area contributed by atoms with Gasteiger partial charge in [0.2, 0.25) is 5.76 Å². The summed E-state index contributed by atoms with van der Waals surface area (Å²) in [5.74, 6) is -1.79. The summed E-state index contributed by atoms with van der Waals surface area (Å²) in [6.07, 6.45) is 1.55. The van der Waals surface area contributed by atoms with Crippen molar-refractivity contribution in [3.63, 3.8) is 0 Å².